The lowest BCUT2D eigenvalue weighted by molar-refractivity contribution is 0.0701. The SMILES string of the molecule is Cc1cc(OC(=O)c2ccco2)cc(S(=O)(=O)NCCc2cccc3c2OCCO3)c1. The number of fused-ring (bicyclic) bond motifs is 1. The fourth-order valence-corrected chi connectivity index (χ4v) is 4.36. The Labute approximate surface area is 179 Å². The minimum absolute atomic E-state index is 0.00409. The summed E-state index contributed by atoms with van der Waals surface area (Å²) in [6.45, 7) is 2.83. The van der Waals surface area contributed by atoms with Crippen LogP contribution in [0, 0.1) is 6.92 Å². The first kappa shape index (κ1) is 21.0. The second-order valence-corrected chi connectivity index (χ2v) is 8.70. The Kier molecular flexibility index (Phi) is 5.97. The first-order valence-corrected chi connectivity index (χ1v) is 11.2. The number of hydrogen-bond acceptors (Lipinski definition) is 7. The van der Waals surface area contributed by atoms with Crippen LogP contribution in [0.15, 0.2) is 64.1 Å². The smallest absolute Gasteiger partial charge is 0.379 e. The van der Waals surface area contributed by atoms with E-state index in [0.29, 0.717) is 36.7 Å². The highest BCUT2D eigenvalue weighted by Crippen LogP contribution is 2.33. The van der Waals surface area contributed by atoms with Crippen molar-refractivity contribution in [3.8, 4) is 17.2 Å². The molecule has 1 N–H and O–H groups in total. The van der Waals surface area contributed by atoms with Gasteiger partial charge in [-0.3, -0.25) is 0 Å². The highest BCUT2D eigenvalue weighted by molar-refractivity contribution is 7.89. The number of sulfonamides is 1. The van der Waals surface area contributed by atoms with E-state index in [0.717, 1.165) is 5.56 Å². The van der Waals surface area contributed by atoms with Gasteiger partial charge in [-0.2, -0.15) is 0 Å². The van der Waals surface area contributed by atoms with Crippen LogP contribution in [0.4, 0.5) is 0 Å². The average Bonchev–Trinajstić information content (AvgIpc) is 3.29. The van der Waals surface area contributed by atoms with Crippen LogP contribution in [0.3, 0.4) is 0 Å². The summed E-state index contributed by atoms with van der Waals surface area (Å²) in [7, 11) is -3.82. The zero-order valence-corrected chi connectivity index (χ0v) is 17.6. The normalized spacial score (nSPS) is 13.1. The monoisotopic (exact) mass is 443 g/mol. The van der Waals surface area contributed by atoms with E-state index in [2.05, 4.69) is 4.72 Å². The van der Waals surface area contributed by atoms with Crippen molar-refractivity contribution in [3.05, 3.63) is 71.7 Å². The molecule has 1 aromatic heterocycles. The zero-order valence-electron chi connectivity index (χ0n) is 16.8. The fraction of sp³-hybridized carbons (Fsp3) is 0.227. The number of furan rings is 1. The van der Waals surface area contributed by atoms with Crippen LogP contribution in [0.25, 0.3) is 0 Å². The number of carbonyl (C=O) groups is 1. The first-order valence-electron chi connectivity index (χ1n) is 9.67. The maximum absolute atomic E-state index is 12.8. The van der Waals surface area contributed by atoms with E-state index in [9.17, 15) is 13.2 Å². The summed E-state index contributed by atoms with van der Waals surface area (Å²) in [6, 6.07) is 13.0. The molecular weight excluding hydrogens is 422 g/mol. The number of benzene rings is 2. The van der Waals surface area contributed by atoms with Crippen LogP contribution < -0.4 is 18.9 Å². The molecule has 0 fully saturated rings. The second-order valence-electron chi connectivity index (χ2n) is 6.94. The average molecular weight is 443 g/mol. The van der Waals surface area contributed by atoms with Gasteiger partial charge < -0.3 is 18.6 Å². The fourth-order valence-electron chi connectivity index (χ4n) is 3.21. The maximum atomic E-state index is 12.8. The van der Waals surface area contributed by atoms with E-state index in [1.54, 1.807) is 19.1 Å². The van der Waals surface area contributed by atoms with Crippen molar-refractivity contribution in [2.24, 2.45) is 0 Å². The van der Waals surface area contributed by atoms with Gasteiger partial charge in [-0.25, -0.2) is 17.9 Å². The molecule has 0 aliphatic carbocycles. The largest absolute Gasteiger partial charge is 0.486 e. The summed E-state index contributed by atoms with van der Waals surface area (Å²) in [6.07, 6.45) is 1.78. The van der Waals surface area contributed by atoms with Crippen molar-refractivity contribution < 1.29 is 31.8 Å². The quantitative estimate of drug-likeness (QED) is 0.442. The van der Waals surface area contributed by atoms with Crippen molar-refractivity contribution >= 4 is 16.0 Å². The Morgan fingerprint density at radius 1 is 1.10 bits per heavy atom. The minimum Gasteiger partial charge on any atom is -0.486 e. The molecule has 9 heteroatoms. The summed E-state index contributed by atoms with van der Waals surface area (Å²) in [5.74, 6) is 0.748. The third-order valence-corrected chi connectivity index (χ3v) is 6.04. The third kappa shape index (κ3) is 4.89. The van der Waals surface area contributed by atoms with Crippen molar-refractivity contribution in [2.75, 3.05) is 19.8 Å². The number of para-hydroxylation sites is 1. The second kappa shape index (κ2) is 8.83. The lowest BCUT2D eigenvalue weighted by Gasteiger charge is -2.21. The van der Waals surface area contributed by atoms with Crippen molar-refractivity contribution in [2.45, 2.75) is 18.2 Å². The molecule has 2 heterocycles. The number of rotatable bonds is 7. The third-order valence-electron chi connectivity index (χ3n) is 4.60. The predicted molar refractivity (Wildman–Crippen MR) is 111 cm³/mol. The van der Waals surface area contributed by atoms with Crippen molar-refractivity contribution in [3.63, 3.8) is 0 Å². The molecule has 0 unspecified atom stereocenters. The number of ether oxygens (including phenoxy) is 3. The van der Waals surface area contributed by atoms with Gasteiger partial charge >= 0.3 is 5.97 Å². The summed E-state index contributed by atoms with van der Waals surface area (Å²) in [4.78, 5) is 12.1. The number of esters is 1. The zero-order chi connectivity index (χ0) is 21.8. The standard InChI is InChI=1S/C22H21NO7S/c1-15-12-17(30-22(24)20-6-3-9-27-20)14-18(13-15)31(25,26)23-8-7-16-4-2-5-19-21(16)29-11-10-28-19/h2-6,9,12-14,23H,7-8,10-11H2,1H3. The summed E-state index contributed by atoms with van der Waals surface area (Å²) in [5, 5.41) is 0. The van der Waals surface area contributed by atoms with Gasteiger partial charge in [0, 0.05) is 12.6 Å². The Hall–Kier alpha value is -3.30. The van der Waals surface area contributed by atoms with Gasteiger partial charge in [0.25, 0.3) is 0 Å². The molecule has 2 aromatic carbocycles. The molecule has 0 atom stereocenters. The molecule has 0 radical (unpaired) electrons. The van der Waals surface area contributed by atoms with E-state index in [4.69, 9.17) is 18.6 Å². The number of carbonyl (C=O) groups excluding carboxylic acids is 1. The minimum atomic E-state index is -3.82. The Morgan fingerprint density at radius 3 is 2.74 bits per heavy atom. The Morgan fingerprint density at radius 2 is 1.94 bits per heavy atom. The van der Waals surface area contributed by atoms with Gasteiger partial charge in [0.2, 0.25) is 15.8 Å². The molecule has 0 spiro atoms. The van der Waals surface area contributed by atoms with Crippen molar-refractivity contribution in [1.29, 1.82) is 0 Å². The summed E-state index contributed by atoms with van der Waals surface area (Å²) < 4.78 is 49.7. The molecule has 1 aliphatic rings. The van der Waals surface area contributed by atoms with Crippen LogP contribution in [0.2, 0.25) is 0 Å². The highest BCUT2D eigenvalue weighted by atomic mass is 32.2. The Bertz CT molecular complexity index is 1190. The first-order chi connectivity index (χ1) is 14.9. The molecular formula is C22H21NO7S. The molecule has 162 valence electrons. The maximum Gasteiger partial charge on any atom is 0.379 e. The van der Waals surface area contributed by atoms with Gasteiger partial charge in [-0.05, 0) is 54.8 Å². The molecule has 0 bridgehead atoms. The van der Waals surface area contributed by atoms with Gasteiger partial charge in [0.1, 0.15) is 19.0 Å². The number of hydrogen-bond donors (Lipinski definition) is 1. The van der Waals surface area contributed by atoms with E-state index in [1.165, 1.54) is 24.5 Å². The lowest BCUT2D eigenvalue weighted by atomic mass is 10.1. The van der Waals surface area contributed by atoms with E-state index in [-0.39, 0.29) is 22.9 Å². The topological polar surface area (TPSA) is 104 Å². The molecule has 8 nitrogen and oxygen atoms in total. The molecule has 0 saturated heterocycles. The van der Waals surface area contributed by atoms with Gasteiger partial charge in [-0.15, -0.1) is 0 Å². The van der Waals surface area contributed by atoms with Crippen molar-refractivity contribution in [1.82, 2.24) is 4.72 Å². The van der Waals surface area contributed by atoms with Gasteiger partial charge in [0.05, 0.1) is 11.2 Å². The van der Waals surface area contributed by atoms with Crippen LogP contribution in [-0.4, -0.2) is 34.1 Å². The molecule has 3 aromatic rings. The van der Waals surface area contributed by atoms with E-state index >= 15 is 0 Å². The van der Waals surface area contributed by atoms with Crippen LogP contribution in [0.5, 0.6) is 17.2 Å². The van der Waals surface area contributed by atoms with Gasteiger partial charge in [0.15, 0.2) is 11.5 Å². The van der Waals surface area contributed by atoms with Gasteiger partial charge in [-0.1, -0.05) is 12.1 Å². The summed E-state index contributed by atoms with van der Waals surface area (Å²) >= 11 is 0. The van der Waals surface area contributed by atoms with E-state index < -0.39 is 16.0 Å². The molecule has 1 aliphatic heterocycles. The lowest BCUT2D eigenvalue weighted by Crippen LogP contribution is -2.26. The molecule has 0 amide bonds. The van der Waals surface area contributed by atoms with E-state index in [1.807, 2.05) is 18.2 Å². The predicted octanol–water partition coefficient (Wildman–Crippen LogP) is 3.10. The molecule has 4 rings (SSSR count). The highest BCUT2D eigenvalue weighted by Gasteiger charge is 2.19. The Balaban J connectivity index is 1.45. The number of aryl methyl sites for hydroxylation is 1. The van der Waals surface area contributed by atoms with Crippen LogP contribution in [-0.2, 0) is 16.4 Å². The molecule has 0 saturated carbocycles. The van der Waals surface area contributed by atoms with Crippen LogP contribution in [0.1, 0.15) is 21.7 Å². The number of nitrogens with one attached hydrogen (secondary N) is 1. The summed E-state index contributed by atoms with van der Waals surface area (Å²) in [5.41, 5.74) is 1.49. The van der Waals surface area contributed by atoms with Crippen LogP contribution >= 0.6 is 0 Å². The molecule has 31 heavy (non-hydrogen) atoms.